The van der Waals surface area contributed by atoms with Crippen LogP contribution in [0.3, 0.4) is 0 Å². The molecule has 0 N–H and O–H groups in total. The molecule has 2 heterocycles. The van der Waals surface area contributed by atoms with Crippen LogP contribution in [-0.4, -0.2) is 55.4 Å². The van der Waals surface area contributed by atoms with Crippen LogP contribution >= 0.6 is 0 Å². The Morgan fingerprint density at radius 2 is 1.68 bits per heavy atom. The van der Waals surface area contributed by atoms with Crippen molar-refractivity contribution in [3.8, 4) is 11.5 Å². The number of hydrogen-bond donors (Lipinski definition) is 0. The van der Waals surface area contributed by atoms with Crippen LogP contribution in [-0.2, 0) is 10.0 Å². The lowest BCUT2D eigenvalue weighted by Crippen LogP contribution is -2.48. The van der Waals surface area contributed by atoms with Crippen molar-refractivity contribution in [2.24, 2.45) is 0 Å². The highest BCUT2D eigenvalue weighted by molar-refractivity contribution is 7.88. The molecule has 1 saturated heterocycles. The summed E-state index contributed by atoms with van der Waals surface area (Å²) in [6.07, 6.45) is 2.88. The highest BCUT2D eigenvalue weighted by Gasteiger charge is 2.25. The van der Waals surface area contributed by atoms with Crippen molar-refractivity contribution in [2.45, 2.75) is 0 Å². The third-order valence-electron chi connectivity index (χ3n) is 4.67. The largest absolute Gasteiger partial charge is 0.457 e. The van der Waals surface area contributed by atoms with Gasteiger partial charge in [0.1, 0.15) is 17.3 Å². The van der Waals surface area contributed by atoms with Crippen molar-refractivity contribution < 1.29 is 17.5 Å². The molecule has 0 aliphatic carbocycles. The fraction of sp³-hybridized carbons (Fsp3) is 0.263. The number of benzene rings is 2. The fourth-order valence-corrected chi connectivity index (χ4v) is 4.04. The van der Waals surface area contributed by atoms with E-state index in [-0.39, 0.29) is 5.82 Å². The number of aromatic nitrogens is 2. The number of halogens is 1. The fourth-order valence-electron chi connectivity index (χ4n) is 3.22. The van der Waals surface area contributed by atoms with Crippen LogP contribution < -0.4 is 9.64 Å². The number of ether oxygens (including phenoxy) is 1. The topological polar surface area (TPSA) is 75.6 Å². The van der Waals surface area contributed by atoms with Gasteiger partial charge in [0.25, 0.3) is 0 Å². The molecule has 1 aliphatic rings. The number of piperazine rings is 1. The minimum atomic E-state index is -3.18. The Kier molecular flexibility index (Phi) is 4.86. The first kappa shape index (κ1) is 18.6. The van der Waals surface area contributed by atoms with Gasteiger partial charge in [0.15, 0.2) is 5.82 Å². The van der Waals surface area contributed by atoms with Crippen molar-refractivity contribution in [1.82, 2.24) is 14.5 Å². The average Bonchev–Trinajstić information content (AvgIpc) is 2.68. The van der Waals surface area contributed by atoms with Crippen molar-refractivity contribution >= 4 is 26.6 Å². The van der Waals surface area contributed by atoms with E-state index in [1.54, 1.807) is 18.3 Å². The summed E-state index contributed by atoms with van der Waals surface area (Å²) < 4.78 is 43.7. The van der Waals surface area contributed by atoms with Gasteiger partial charge in [-0.1, -0.05) is 0 Å². The molecule has 3 aromatic rings. The quantitative estimate of drug-likeness (QED) is 0.668. The predicted octanol–water partition coefficient (Wildman–Crippen LogP) is 2.64. The second kappa shape index (κ2) is 7.33. The molecule has 0 amide bonds. The minimum absolute atomic E-state index is 0.318. The third-order valence-corrected chi connectivity index (χ3v) is 5.97. The number of fused-ring (bicyclic) bond motifs is 1. The summed E-state index contributed by atoms with van der Waals surface area (Å²) in [5.41, 5.74) is 0. The van der Waals surface area contributed by atoms with E-state index in [2.05, 4.69) is 10.2 Å². The Morgan fingerprint density at radius 1 is 1.00 bits per heavy atom. The van der Waals surface area contributed by atoms with Crippen molar-refractivity contribution in [3.63, 3.8) is 0 Å². The lowest BCUT2D eigenvalue weighted by Gasteiger charge is -2.34. The van der Waals surface area contributed by atoms with E-state index in [1.807, 2.05) is 23.1 Å². The Morgan fingerprint density at radius 3 is 2.36 bits per heavy atom. The van der Waals surface area contributed by atoms with E-state index in [0.29, 0.717) is 37.7 Å². The summed E-state index contributed by atoms with van der Waals surface area (Å²) >= 11 is 0. The van der Waals surface area contributed by atoms with Gasteiger partial charge in [-0.2, -0.15) is 9.40 Å². The van der Waals surface area contributed by atoms with Gasteiger partial charge < -0.3 is 9.64 Å². The molecule has 9 heteroatoms. The minimum Gasteiger partial charge on any atom is -0.457 e. The number of hydrogen-bond acceptors (Lipinski definition) is 6. The lowest BCUT2D eigenvalue weighted by molar-refractivity contribution is 0.387. The molecule has 0 unspecified atom stereocenters. The number of anilines is 1. The molecular weight excluding hydrogens is 383 g/mol. The smallest absolute Gasteiger partial charge is 0.211 e. The van der Waals surface area contributed by atoms with Gasteiger partial charge in [-0.3, -0.25) is 0 Å². The second-order valence-electron chi connectivity index (χ2n) is 6.62. The van der Waals surface area contributed by atoms with Crippen molar-refractivity contribution in [1.29, 1.82) is 0 Å². The first-order valence-corrected chi connectivity index (χ1v) is 10.6. The summed E-state index contributed by atoms with van der Waals surface area (Å²) in [6, 6.07) is 11.4. The highest BCUT2D eigenvalue weighted by atomic mass is 32.2. The van der Waals surface area contributed by atoms with E-state index in [4.69, 9.17) is 4.74 Å². The molecule has 0 atom stereocenters. The molecule has 146 valence electrons. The molecule has 7 nitrogen and oxygen atoms in total. The summed E-state index contributed by atoms with van der Waals surface area (Å²) in [7, 11) is -3.18. The first-order chi connectivity index (χ1) is 13.4. The zero-order valence-electron chi connectivity index (χ0n) is 15.2. The Labute approximate surface area is 162 Å². The van der Waals surface area contributed by atoms with Crippen molar-refractivity contribution in [2.75, 3.05) is 37.3 Å². The Bertz CT molecular complexity index is 1100. The molecule has 0 spiro atoms. The SMILES string of the molecule is CS(=O)(=O)N1CCN(c2nncc3cc(Oc4ccc(F)cc4)ccc23)CC1. The Balaban J connectivity index is 1.57. The monoisotopic (exact) mass is 402 g/mol. The van der Waals surface area contributed by atoms with E-state index in [1.165, 1.54) is 22.7 Å². The van der Waals surface area contributed by atoms with Gasteiger partial charge in [-0.15, -0.1) is 5.10 Å². The highest BCUT2D eigenvalue weighted by Crippen LogP contribution is 2.30. The van der Waals surface area contributed by atoms with E-state index < -0.39 is 10.0 Å². The van der Waals surface area contributed by atoms with Gasteiger partial charge in [0, 0.05) is 37.0 Å². The molecule has 28 heavy (non-hydrogen) atoms. The van der Waals surface area contributed by atoms with Gasteiger partial charge in [0.2, 0.25) is 10.0 Å². The zero-order chi connectivity index (χ0) is 19.7. The number of nitrogens with zero attached hydrogens (tertiary/aromatic N) is 4. The van der Waals surface area contributed by atoms with Gasteiger partial charge in [0.05, 0.1) is 12.5 Å². The van der Waals surface area contributed by atoms with Gasteiger partial charge in [-0.05, 0) is 42.5 Å². The van der Waals surface area contributed by atoms with Gasteiger partial charge in [-0.25, -0.2) is 12.8 Å². The molecule has 4 rings (SSSR count). The van der Waals surface area contributed by atoms with Crippen LogP contribution in [0.15, 0.2) is 48.7 Å². The second-order valence-corrected chi connectivity index (χ2v) is 8.60. The first-order valence-electron chi connectivity index (χ1n) is 8.79. The molecule has 0 radical (unpaired) electrons. The van der Waals surface area contributed by atoms with Crippen LogP contribution in [0.4, 0.5) is 10.2 Å². The predicted molar refractivity (Wildman–Crippen MR) is 105 cm³/mol. The summed E-state index contributed by atoms with van der Waals surface area (Å²) in [6.45, 7) is 1.94. The molecule has 0 saturated carbocycles. The van der Waals surface area contributed by atoms with Crippen LogP contribution in [0.2, 0.25) is 0 Å². The maximum absolute atomic E-state index is 13.0. The standard InChI is InChI=1S/C19H19FN4O3S/c1-28(25,26)24-10-8-23(9-11-24)19-18-7-6-17(12-14(18)13-21-22-19)27-16-4-2-15(20)3-5-16/h2-7,12-13H,8-11H2,1H3. The molecule has 1 aliphatic heterocycles. The normalized spacial score (nSPS) is 15.7. The van der Waals surface area contributed by atoms with Crippen LogP contribution in [0.25, 0.3) is 10.8 Å². The average molecular weight is 402 g/mol. The van der Waals surface area contributed by atoms with Crippen LogP contribution in [0, 0.1) is 5.82 Å². The summed E-state index contributed by atoms with van der Waals surface area (Å²) in [4.78, 5) is 2.04. The number of rotatable bonds is 4. The van der Waals surface area contributed by atoms with Crippen LogP contribution in [0.1, 0.15) is 0 Å². The number of sulfonamides is 1. The zero-order valence-corrected chi connectivity index (χ0v) is 16.1. The molecule has 1 fully saturated rings. The lowest BCUT2D eigenvalue weighted by atomic mass is 10.1. The molecular formula is C19H19FN4O3S. The molecule has 1 aromatic heterocycles. The van der Waals surface area contributed by atoms with E-state index in [9.17, 15) is 12.8 Å². The Hall–Kier alpha value is -2.78. The maximum Gasteiger partial charge on any atom is 0.211 e. The maximum atomic E-state index is 13.0. The molecule has 0 bridgehead atoms. The summed E-state index contributed by atoms with van der Waals surface area (Å²) in [5, 5.41) is 10.1. The van der Waals surface area contributed by atoms with Crippen molar-refractivity contribution in [3.05, 3.63) is 54.5 Å². The summed E-state index contributed by atoms with van der Waals surface area (Å²) in [5.74, 6) is 1.56. The van der Waals surface area contributed by atoms with Crippen LogP contribution in [0.5, 0.6) is 11.5 Å². The van der Waals surface area contributed by atoms with Gasteiger partial charge >= 0.3 is 0 Å². The van der Waals surface area contributed by atoms with E-state index in [0.717, 1.165) is 16.6 Å². The molecule has 2 aromatic carbocycles. The van der Waals surface area contributed by atoms with E-state index >= 15 is 0 Å². The third kappa shape index (κ3) is 3.90.